The van der Waals surface area contributed by atoms with Crippen molar-refractivity contribution in [1.29, 1.82) is 0 Å². The van der Waals surface area contributed by atoms with Crippen LogP contribution in [0.4, 0.5) is 11.8 Å². The van der Waals surface area contributed by atoms with Crippen LogP contribution in [0, 0.1) is 0 Å². The molecule has 124 valence electrons. The van der Waals surface area contributed by atoms with E-state index in [1.165, 1.54) is 10.4 Å². The predicted molar refractivity (Wildman–Crippen MR) is 96.0 cm³/mol. The molecule has 0 radical (unpaired) electrons. The summed E-state index contributed by atoms with van der Waals surface area (Å²) >= 11 is 1.78. The van der Waals surface area contributed by atoms with Gasteiger partial charge in [-0.05, 0) is 38.5 Å². The van der Waals surface area contributed by atoms with Crippen molar-refractivity contribution in [3.63, 3.8) is 0 Å². The van der Waals surface area contributed by atoms with Gasteiger partial charge in [0.2, 0.25) is 5.95 Å². The van der Waals surface area contributed by atoms with Crippen molar-refractivity contribution in [3.8, 4) is 0 Å². The second kappa shape index (κ2) is 7.25. The fraction of sp³-hybridized carbons (Fsp3) is 0.500. The summed E-state index contributed by atoms with van der Waals surface area (Å²) in [6.45, 7) is 2.69. The van der Waals surface area contributed by atoms with E-state index in [4.69, 9.17) is 5.73 Å². The maximum atomic E-state index is 5.90. The summed E-state index contributed by atoms with van der Waals surface area (Å²) in [6, 6.07) is 4.58. The third kappa shape index (κ3) is 3.80. The summed E-state index contributed by atoms with van der Waals surface area (Å²) in [5.74, 6) is 1.24. The van der Waals surface area contributed by atoms with Crippen molar-refractivity contribution in [1.82, 2.24) is 20.2 Å². The lowest BCUT2D eigenvalue weighted by atomic mass is 10.1. The minimum absolute atomic E-state index is 0.311. The molecule has 0 aromatic carbocycles. The quantitative estimate of drug-likeness (QED) is 0.770. The van der Waals surface area contributed by atoms with Gasteiger partial charge in [0.1, 0.15) is 5.82 Å². The largest absolute Gasteiger partial charge is 0.368 e. The SMILES string of the molecule is CN(C)[C@@H](CNc1nc(N)nc2c1CCNCC2)c1cccs1. The van der Waals surface area contributed by atoms with Gasteiger partial charge in [-0.2, -0.15) is 4.98 Å². The molecule has 1 aliphatic rings. The van der Waals surface area contributed by atoms with E-state index >= 15 is 0 Å². The van der Waals surface area contributed by atoms with E-state index in [9.17, 15) is 0 Å². The Kier molecular flexibility index (Phi) is 5.09. The van der Waals surface area contributed by atoms with Gasteiger partial charge in [0.25, 0.3) is 0 Å². The Labute approximate surface area is 141 Å². The molecule has 0 amide bonds. The molecular weight excluding hydrogens is 308 g/mol. The number of likely N-dealkylation sites (N-methyl/N-ethyl adjacent to an activating group) is 1. The molecular formula is C16H24N6S. The second-order valence-corrected chi connectivity index (χ2v) is 6.96. The Hall–Kier alpha value is -1.70. The molecule has 1 aliphatic heterocycles. The molecule has 23 heavy (non-hydrogen) atoms. The zero-order chi connectivity index (χ0) is 16.2. The summed E-state index contributed by atoms with van der Waals surface area (Å²) in [7, 11) is 4.20. The number of hydrogen-bond donors (Lipinski definition) is 3. The highest BCUT2D eigenvalue weighted by molar-refractivity contribution is 7.10. The van der Waals surface area contributed by atoms with Crippen LogP contribution in [-0.4, -0.2) is 48.6 Å². The van der Waals surface area contributed by atoms with Gasteiger partial charge in [-0.15, -0.1) is 11.3 Å². The first kappa shape index (κ1) is 16.2. The summed E-state index contributed by atoms with van der Waals surface area (Å²) < 4.78 is 0. The van der Waals surface area contributed by atoms with E-state index in [0.717, 1.165) is 44.0 Å². The van der Waals surface area contributed by atoms with Gasteiger partial charge < -0.3 is 21.3 Å². The Morgan fingerprint density at radius 3 is 2.91 bits per heavy atom. The minimum atomic E-state index is 0.311. The molecule has 4 N–H and O–H groups in total. The maximum absolute atomic E-state index is 5.90. The molecule has 2 aromatic heterocycles. The highest BCUT2D eigenvalue weighted by Gasteiger charge is 2.19. The number of nitrogens with two attached hydrogens (primary N) is 1. The lowest BCUT2D eigenvalue weighted by Gasteiger charge is -2.24. The Balaban J connectivity index is 1.81. The topological polar surface area (TPSA) is 79.1 Å². The Morgan fingerprint density at radius 2 is 2.17 bits per heavy atom. The number of nitrogens with zero attached hydrogens (tertiary/aromatic N) is 3. The van der Waals surface area contributed by atoms with Gasteiger partial charge >= 0.3 is 0 Å². The van der Waals surface area contributed by atoms with Crippen LogP contribution in [0.1, 0.15) is 22.2 Å². The van der Waals surface area contributed by atoms with Crippen molar-refractivity contribution < 1.29 is 0 Å². The van der Waals surface area contributed by atoms with E-state index in [0.29, 0.717) is 12.0 Å². The molecule has 0 saturated carbocycles. The van der Waals surface area contributed by atoms with Gasteiger partial charge in [-0.1, -0.05) is 6.07 Å². The summed E-state index contributed by atoms with van der Waals surface area (Å²) in [6.07, 6.45) is 1.84. The van der Waals surface area contributed by atoms with Gasteiger partial charge in [-0.25, -0.2) is 4.98 Å². The zero-order valence-electron chi connectivity index (χ0n) is 13.7. The minimum Gasteiger partial charge on any atom is -0.368 e. The number of rotatable bonds is 5. The number of aromatic nitrogens is 2. The number of nitrogens with one attached hydrogen (secondary N) is 2. The molecule has 0 spiro atoms. The molecule has 7 heteroatoms. The van der Waals surface area contributed by atoms with Crippen molar-refractivity contribution >= 4 is 23.1 Å². The molecule has 0 unspecified atom stereocenters. The monoisotopic (exact) mass is 332 g/mol. The van der Waals surface area contributed by atoms with Gasteiger partial charge in [-0.3, -0.25) is 0 Å². The Morgan fingerprint density at radius 1 is 1.35 bits per heavy atom. The van der Waals surface area contributed by atoms with Crippen molar-refractivity contribution in [2.75, 3.05) is 44.8 Å². The highest BCUT2D eigenvalue weighted by Crippen LogP contribution is 2.25. The van der Waals surface area contributed by atoms with E-state index in [1.807, 2.05) is 0 Å². The van der Waals surface area contributed by atoms with E-state index < -0.39 is 0 Å². The number of fused-ring (bicyclic) bond motifs is 1. The molecule has 1 atom stereocenters. The molecule has 2 aromatic rings. The third-order valence-corrected chi connectivity index (χ3v) is 5.13. The fourth-order valence-corrected chi connectivity index (χ4v) is 3.84. The fourth-order valence-electron chi connectivity index (χ4n) is 2.92. The Bertz CT molecular complexity index is 640. The van der Waals surface area contributed by atoms with E-state index in [2.05, 4.69) is 57.1 Å². The van der Waals surface area contributed by atoms with Crippen molar-refractivity contribution in [3.05, 3.63) is 33.6 Å². The predicted octanol–water partition coefficient (Wildman–Crippen LogP) is 1.52. The molecule has 0 bridgehead atoms. The van der Waals surface area contributed by atoms with Crippen LogP contribution in [0.2, 0.25) is 0 Å². The zero-order valence-corrected chi connectivity index (χ0v) is 14.5. The van der Waals surface area contributed by atoms with E-state index in [-0.39, 0.29) is 0 Å². The average Bonchev–Trinajstić information content (AvgIpc) is 2.92. The van der Waals surface area contributed by atoms with Gasteiger partial charge in [0.15, 0.2) is 0 Å². The van der Waals surface area contributed by atoms with Crippen molar-refractivity contribution in [2.45, 2.75) is 18.9 Å². The maximum Gasteiger partial charge on any atom is 0.222 e. The smallest absolute Gasteiger partial charge is 0.222 e. The molecule has 3 heterocycles. The first-order valence-corrected chi connectivity index (χ1v) is 8.83. The molecule has 0 fully saturated rings. The average molecular weight is 332 g/mol. The van der Waals surface area contributed by atoms with Crippen LogP contribution in [-0.2, 0) is 12.8 Å². The van der Waals surface area contributed by atoms with Gasteiger partial charge in [0, 0.05) is 30.0 Å². The normalized spacial score (nSPS) is 16.0. The first-order valence-electron chi connectivity index (χ1n) is 7.95. The van der Waals surface area contributed by atoms with E-state index in [1.54, 1.807) is 11.3 Å². The lowest BCUT2D eigenvalue weighted by Crippen LogP contribution is -2.27. The lowest BCUT2D eigenvalue weighted by molar-refractivity contribution is 0.316. The van der Waals surface area contributed by atoms with Crippen LogP contribution in [0.25, 0.3) is 0 Å². The first-order chi connectivity index (χ1) is 11.1. The van der Waals surface area contributed by atoms with Crippen LogP contribution in [0.15, 0.2) is 17.5 Å². The standard InChI is InChI=1S/C16H24N6S/c1-22(2)13(14-4-3-9-23-14)10-19-15-11-5-7-18-8-6-12(11)20-16(17)21-15/h3-4,9,13,18H,5-8,10H2,1-2H3,(H3,17,19,20,21)/t13-/m0/s1. The molecule has 3 rings (SSSR count). The number of anilines is 2. The van der Waals surface area contributed by atoms with Crippen LogP contribution < -0.4 is 16.4 Å². The summed E-state index contributed by atoms with van der Waals surface area (Å²) in [4.78, 5) is 12.4. The third-order valence-electron chi connectivity index (χ3n) is 4.16. The summed E-state index contributed by atoms with van der Waals surface area (Å²) in [5.41, 5.74) is 8.18. The highest BCUT2D eigenvalue weighted by atomic mass is 32.1. The molecule has 0 saturated heterocycles. The second-order valence-electron chi connectivity index (χ2n) is 5.98. The molecule has 6 nitrogen and oxygen atoms in total. The number of thiophene rings is 1. The van der Waals surface area contributed by atoms with Crippen LogP contribution in [0.3, 0.4) is 0 Å². The number of hydrogen-bond acceptors (Lipinski definition) is 7. The van der Waals surface area contributed by atoms with Crippen LogP contribution >= 0.6 is 11.3 Å². The molecule has 0 aliphatic carbocycles. The van der Waals surface area contributed by atoms with Gasteiger partial charge in [0.05, 0.1) is 11.7 Å². The van der Waals surface area contributed by atoms with Crippen LogP contribution in [0.5, 0.6) is 0 Å². The number of nitrogen functional groups attached to an aromatic ring is 1. The summed E-state index contributed by atoms with van der Waals surface area (Å²) in [5, 5.41) is 9.04. The van der Waals surface area contributed by atoms with Crippen molar-refractivity contribution in [2.24, 2.45) is 0 Å².